The Hall–Kier alpha value is -3.22. The molecule has 0 bridgehead atoms. The van der Waals surface area contributed by atoms with Gasteiger partial charge in [-0.05, 0) is 38.3 Å². The van der Waals surface area contributed by atoms with Gasteiger partial charge in [-0.25, -0.2) is 14.4 Å². The number of aryl methyl sites for hydroxylation is 2. The zero-order chi connectivity index (χ0) is 28.8. The average molecular weight is 565 g/mol. The summed E-state index contributed by atoms with van der Waals surface area (Å²) >= 11 is 0. The van der Waals surface area contributed by atoms with E-state index in [1.54, 1.807) is 6.07 Å². The first kappa shape index (κ1) is 28.3. The van der Waals surface area contributed by atoms with Gasteiger partial charge in [0.05, 0.1) is 12.2 Å². The van der Waals surface area contributed by atoms with Crippen molar-refractivity contribution in [3.8, 4) is 0 Å². The molecule has 0 aromatic carbocycles. The van der Waals surface area contributed by atoms with Gasteiger partial charge in [0.1, 0.15) is 18.3 Å². The van der Waals surface area contributed by atoms with Crippen LogP contribution in [0.5, 0.6) is 0 Å². The van der Waals surface area contributed by atoms with E-state index in [0.717, 1.165) is 18.4 Å². The standard InChI is InChI=1S/C27H36F4N8O/c1-5-24(40)38-11-10-37(15-20(38)13-28)21-16-39(18(21)3)23-12-22(33-26(34-23)27(29,30)31)36-8-6-19(7-9-36)25-17(2)14-32-35(25)4/h5,12,14,18-21H,1,6-11,13,15-16H2,2-4H3/t18-,20-,21-/m1/s1. The molecule has 3 aliphatic heterocycles. The molecule has 0 spiro atoms. The molecule has 2 aromatic rings. The summed E-state index contributed by atoms with van der Waals surface area (Å²) in [6.07, 6.45) is -0.0588. The lowest BCUT2D eigenvalue weighted by Gasteiger charge is -2.54. The Morgan fingerprint density at radius 1 is 1.12 bits per heavy atom. The van der Waals surface area contributed by atoms with E-state index in [0.29, 0.717) is 45.2 Å². The van der Waals surface area contributed by atoms with E-state index >= 15 is 0 Å². The maximum absolute atomic E-state index is 13.9. The largest absolute Gasteiger partial charge is 0.451 e. The average Bonchev–Trinajstić information content (AvgIpc) is 3.28. The van der Waals surface area contributed by atoms with Crippen molar-refractivity contribution in [3.05, 3.63) is 42.0 Å². The van der Waals surface area contributed by atoms with Crippen molar-refractivity contribution in [1.82, 2.24) is 29.5 Å². The van der Waals surface area contributed by atoms with Gasteiger partial charge < -0.3 is 14.7 Å². The molecular weight excluding hydrogens is 528 g/mol. The van der Waals surface area contributed by atoms with Crippen LogP contribution >= 0.6 is 0 Å². The number of amides is 1. The fourth-order valence-corrected chi connectivity index (χ4v) is 6.42. The number of hydrogen-bond acceptors (Lipinski definition) is 7. The van der Waals surface area contributed by atoms with Crippen LogP contribution in [-0.2, 0) is 18.0 Å². The Kier molecular flexibility index (Phi) is 7.77. The van der Waals surface area contributed by atoms with Gasteiger partial charge in [0.25, 0.3) is 0 Å². The fourth-order valence-electron chi connectivity index (χ4n) is 6.42. The summed E-state index contributed by atoms with van der Waals surface area (Å²) in [5.74, 6) is -0.623. The quantitative estimate of drug-likeness (QED) is 0.394. The van der Waals surface area contributed by atoms with Gasteiger partial charge in [-0.3, -0.25) is 14.4 Å². The van der Waals surface area contributed by atoms with Crippen molar-refractivity contribution in [1.29, 1.82) is 0 Å². The lowest BCUT2D eigenvalue weighted by atomic mass is 9.91. The molecule has 3 saturated heterocycles. The predicted molar refractivity (Wildman–Crippen MR) is 143 cm³/mol. The summed E-state index contributed by atoms with van der Waals surface area (Å²) in [6, 6.07) is 0.967. The second-order valence-electron chi connectivity index (χ2n) is 11.0. The van der Waals surface area contributed by atoms with Crippen LogP contribution in [-0.4, -0.2) is 99.5 Å². The van der Waals surface area contributed by atoms with Gasteiger partial charge in [-0.1, -0.05) is 6.58 Å². The first-order chi connectivity index (χ1) is 19.0. The van der Waals surface area contributed by atoms with E-state index in [1.807, 2.05) is 41.6 Å². The van der Waals surface area contributed by atoms with Crippen molar-refractivity contribution < 1.29 is 22.4 Å². The molecule has 5 rings (SSSR count). The van der Waals surface area contributed by atoms with Crippen molar-refractivity contribution in [3.63, 3.8) is 0 Å². The van der Waals surface area contributed by atoms with E-state index in [9.17, 15) is 22.4 Å². The summed E-state index contributed by atoms with van der Waals surface area (Å²) in [6.45, 7) is 9.74. The van der Waals surface area contributed by atoms with E-state index in [2.05, 4.69) is 26.5 Å². The number of hydrogen-bond donors (Lipinski definition) is 0. The highest BCUT2D eigenvalue weighted by atomic mass is 19.4. The van der Waals surface area contributed by atoms with Crippen LogP contribution in [0.2, 0.25) is 0 Å². The number of anilines is 2. The third-order valence-electron chi connectivity index (χ3n) is 8.68. The van der Waals surface area contributed by atoms with Gasteiger partial charge in [0.15, 0.2) is 0 Å². The van der Waals surface area contributed by atoms with Crippen LogP contribution in [0.3, 0.4) is 0 Å². The normalized spacial score (nSPS) is 24.8. The number of alkyl halides is 4. The Bertz CT molecular complexity index is 1220. The van der Waals surface area contributed by atoms with Gasteiger partial charge >= 0.3 is 6.18 Å². The van der Waals surface area contributed by atoms with Crippen molar-refractivity contribution >= 4 is 17.5 Å². The van der Waals surface area contributed by atoms with Crippen LogP contribution < -0.4 is 9.80 Å². The number of carbonyl (C=O) groups excluding carboxylic acids is 1. The molecule has 3 atom stereocenters. The van der Waals surface area contributed by atoms with E-state index in [4.69, 9.17) is 0 Å². The second-order valence-corrected chi connectivity index (χ2v) is 11.0. The summed E-state index contributed by atoms with van der Waals surface area (Å²) in [7, 11) is 1.92. The monoisotopic (exact) mass is 564 g/mol. The maximum atomic E-state index is 13.9. The molecule has 0 N–H and O–H groups in total. The lowest BCUT2D eigenvalue weighted by Crippen LogP contribution is -2.70. The molecule has 218 valence electrons. The molecule has 0 radical (unpaired) electrons. The van der Waals surface area contributed by atoms with Crippen molar-refractivity contribution in [2.24, 2.45) is 7.05 Å². The smallest absolute Gasteiger partial charge is 0.356 e. The van der Waals surface area contributed by atoms with Crippen LogP contribution in [0.25, 0.3) is 0 Å². The van der Waals surface area contributed by atoms with Crippen molar-refractivity contribution in [2.45, 2.75) is 56.9 Å². The molecule has 1 amide bonds. The van der Waals surface area contributed by atoms with E-state index in [-0.39, 0.29) is 29.6 Å². The number of rotatable bonds is 6. The Balaban J connectivity index is 1.30. The highest BCUT2D eigenvalue weighted by Gasteiger charge is 2.45. The number of nitrogens with zero attached hydrogens (tertiary/aromatic N) is 8. The molecule has 2 aromatic heterocycles. The van der Waals surface area contributed by atoms with Gasteiger partial charge in [0.2, 0.25) is 11.7 Å². The molecular formula is C27H36F4N8O. The maximum Gasteiger partial charge on any atom is 0.451 e. The first-order valence-electron chi connectivity index (χ1n) is 13.7. The molecule has 9 nitrogen and oxygen atoms in total. The van der Waals surface area contributed by atoms with Gasteiger partial charge in [0, 0.05) is 76.1 Å². The van der Waals surface area contributed by atoms with Crippen LogP contribution in [0.15, 0.2) is 24.9 Å². The minimum atomic E-state index is -4.68. The third kappa shape index (κ3) is 5.27. The van der Waals surface area contributed by atoms with Crippen LogP contribution in [0.1, 0.15) is 42.8 Å². The molecule has 0 unspecified atom stereocenters. The third-order valence-corrected chi connectivity index (χ3v) is 8.68. The summed E-state index contributed by atoms with van der Waals surface area (Å²) in [5, 5.41) is 4.33. The molecule has 3 fully saturated rings. The summed E-state index contributed by atoms with van der Waals surface area (Å²) < 4.78 is 57.2. The number of carbonyl (C=O) groups is 1. The minimum Gasteiger partial charge on any atom is -0.356 e. The number of piperidine rings is 1. The highest BCUT2D eigenvalue weighted by molar-refractivity contribution is 5.87. The highest BCUT2D eigenvalue weighted by Crippen LogP contribution is 2.37. The SMILES string of the molecule is C=CC(=O)N1CCN([C@@H]2CN(c3cc(N4CCC(c5c(C)cnn5C)CC4)nc(C(F)(F)F)n3)[C@@H]2C)C[C@H]1CF. The van der Waals surface area contributed by atoms with Crippen molar-refractivity contribution in [2.75, 3.05) is 55.7 Å². The number of halogens is 4. The molecule has 5 heterocycles. The minimum absolute atomic E-state index is 0.0145. The molecule has 13 heteroatoms. The molecule has 0 aliphatic carbocycles. The first-order valence-corrected chi connectivity index (χ1v) is 13.7. The molecule has 40 heavy (non-hydrogen) atoms. The number of piperazine rings is 1. The zero-order valence-electron chi connectivity index (χ0n) is 23.1. The molecule has 3 aliphatic rings. The molecule has 0 saturated carbocycles. The predicted octanol–water partition coefficient (Wildman–Crippen LogP) is 3.17. The van der Waals surface area contributed by atoms with E-state index < -0.39 is 24.7 Å². The van der Waals surface area contributed by atoms with Gasteiger partial charge in [-0.2, -0.15) is 18.3 Å². The van der Waals surface area contributed by atoms with Gasteiger partial charge in [-0.15, -0.1) is 0 Å². The lowest BCUT2D eigenvalue weighted by molar-refractivity contribution is -0.144. The second kappa shape index (κ2) is 11.0. The Morgan fingerprint density at radius 3 is 2.40 bits per heavy atom. The Morgan fingerprint density at radius 2 is 1.82 bits per heavy atom. The van der Waals surface area contributed by atoms with Crippen LogP contribution in [0, 0.1) is 6.92 Å². The summed E-state index contributed by atoms with van der Waals surface area (Å²) in [4.78, 5) is 27.3. The zero-order valence-corrected chi connectivity index (χ0v) is 23.1. The van der Waals surface area contributed by atoms with E-state index in [1.165, 1.54) is 16.7 Å². The van der Waals surface area contributed by atoms with Crippen LogP contribution in [0.4, 0.5) is 29.2 Å². The summed E-state index contributed by atoms with van der Waals surface area (Å²) in [5.41, 5.74) is 2.29. The number of aromatic nitrogens is 4. The Labute approximate surface area is 231 Å². The fraction of sp³-hybridized carbons (Fsp3) is 0.630. The topological polar surface area (TPSA) is 73.6 Å².